The summed E-state index contributed by atoms with van der Waals surface area (Å²) >= 11 is 0. The molecule has 2 amide bonds. The van der Waals surface area contributed by atoms with Crippen molar-refractivity contribution in [1.29, 1.82) is 0 Å². The fourth-order valence-electron chi connectivity index (χ4n) is 2.11. The first kappa shape index (κ1) is 18.4. The standard InChI is InChI=1S/C19H23N3O3/c1-13(16-6-5-11-25-16)21-22-17(23)12-20-18(24)14-7-9-15(10-8-14)19(2,3)4/h5-11H,12H2,1-4H3,(H,20,24)(H,22,23)/b21-13+. The third-order valence-corrected chi connectivity index (χ3v) is 3.65. The number of carbonyl (C=O) groups excluding carboxylic acids is 2. The highest BCUT2D eigenvalue weighted by Crippen LogP contribution is 2.22. The molecule has 0 atom stereocenters. The van der Waals surface area contributed by atoms with Crippen LogP contribution in [0, 0.1) is 0 Å². The van der Waals surface area contributed by atoms with Crippen LogP contribution in [0.1, 0.15) is 49.4 Å². The van der Waals surface area contributed by atoms with E-state index in [4.69, 9.17) is 4.42 Å². The number of carbonyl (C=O) groups is 2. The van der Waals surface area contributed by atoms with E-state index in [1.807, 2.05) is 12.1 Å². The van der Waals surface area contributed by atoms with Crippen molar-refractivity contribution in [3.05, 3.63) is 59.5 Å². The molecule has 0 aliphatic carbocycles. The molecular formula is C19H23N3O3. The van der Waals surface area contributed by atoms with Crippen LogP contribution in [-0.2, 0) is 10.2 Å². The molecular weight excluding hydrogens is 318 g/mol. The van der Waals surface area contributed by atoms with Crippen LogP contribution < -0.4 is 10.7 Å². The maximum Gasteiger partial charge on any atom is 0.259 e. The highest BCUT2D eigenvalue weighted by molar-refractivity contribution is 5.98. The lowest BCUT2D eigenvalue weighted by Gasteiger charge is -2.19. The Hall–Kier alpha value is -2.89. The molecule has 1 aromatic carbocycles. The Morgan fingerprint density at radius 1 is 1.12 bits per heavy atom. The Balaban J connectivity index is 1.85. The third-order valence-electron chi connectivity index (χ3n) is 3.65. The molecule has 25 heavy (non-hydrogen) atoms. The number of hydrogen-bond donors (Lipinski definition) is 2. The smallest absolute Gasteiger partial charge is 0.259 e. The highest BCUT2D eigenvalue weighted by atomic mass is 16.3. The lowest BCUT2D eigenvalue weighted by molar-refractivity contribution is -0.120. The van der Waals surface area contributed by atoms with Crippen molar-refractivity contribution in [2.24, 2.45) is 5.10 Å². The van der Waals surface area contributed by atoms with Crippen LogP contribution in [0.2, 0.25) is 0 Å². The van der Waals surface area contributed by atoms with Crippen molar-refractivity contribution in [2.45, 2.75) is 33.1 Å². The van der Waals surface area contributed by atoms with Crippen LogP contribution in [0.3, 0.4) is 0 Å². The first-order chi connectivity index (χ1) is 11.8. The Bertz CT molecular complexity index is 754. The minimum absolute atomic E-state index is 0.0265. The van der Waals surface area contributed by atoms with Gasteiger partial charge in [-0.2, -0.15) is 5.10 Å². The average Bonchev–Trinajstić information content (AvgIpc) is 3.11. The molecule has 2 rings (SSSR count). The van der Waals surface area contributed by atoms with Crippen LogP contribution in [0.5, 0.6) is 0 Å². The lowest BCUT2D eigenvalue weighted by Crippen LogP contribution is -2.35. The number of rotatable bonds is 5. The second kappa shape index (κ2) is 7.79. The third kappa shape index (κ3) is 5.31. The normalized spacial score (nSPS) is 11.9. The van der Waals surface area contributed by atoms with Gasteiger partial charge in [-0.15, -0.1) is 0 Å². The Labute approximate surface area is 147 Å². The highest BCUT2D eigenvalue weighted by Gasteiger charge is 2.14. The number of furan rings is 1. The first-order valence-electron chi connectivity index (χ1n) is 8.03. The molecule has 2 aromatic rings. The van der Waals surface area contributed by atoms with E-state index in [9.17, 15) is 9.59 Å². The summed E-state index contributed by atoms with van der Waals surface area (Å²) < 4.78 is 5.17. The summed E-state index contributed by atoms with van der Waals surface area (Å²) in [6.07, 6.45) is 1.53. The molecule has 0 bridgehead atoms. The quantitative estimate of drug-likeness (QED) is 0.648. The summed E-state index contributed by atoms with van der Waals surface area (Å²) in [5.74, 6) is -0.142. The van der Waals surface area contributed by atoms with Gasteiger partial charge in [0.05, 0.1) is 12.8 Å². The van der Waals surface area contributed by atoms with Gasteiger partial charge in [0.2, 0.25) is 0 Å². The maximum absolute atomic E-state index is 12.1. The van der Waals surface area contributed by atoms with Gasteiger partial charge < -0.3 is 9.73 Å². The van der Waals surface area contributed by atoms with Gasteiger partial charge in [-0.1, -0.05) is 32.9 Å². The zero-order chi connectivity index (χ0) is 18.4. The van der Waals surface area contributed by atoms with E-state index in [1.165, 1.54) is 6.26 Å². The summed E-state index contributed by atoms with van der Waals surface area (Å²) in [5.41, 5.74) is 4.60. The number of amides is 2. The predicted molar refractivity (Wildman–Crippen MR) is 96.5 cm³/mol. The van der Waals surface area contributed by atoms with E-state index in [1.54, 1.807) is 31.2 Å². The Morgan fingerprint density at radius 3 is 2.36 bits per heavy atom. The molecule has 1 aromatic heterocycles. The van der Waals surface area contributed by atoms with Gasteiger partial charge in [0, 0.05) is 5.56 Å². The van der Waals surface area contributed by atoms with E-state index < -0.39 is 5.91 Å². The second-order valence-corrected chi connectivity index (χ2v) is 6.72. The second-order valence-electron chi connectivity index (χ2n) is 6.72. The Morgan fingerprint density at radius 2 is 1.80 bits per heavy atom. The van der Waals surface area contributed by atoms with Crippen LogP contribution >= 0.6 is 0 Å². The average molecular weight is 341 g/mol. The number of benzene rings is 1. The number of hydrogen-bond acceptors (Lipinski definition) is 4. The lowest BCUT2D eigenvalue weighted by atomic mass is 9.87. The minimum atomic E-state index is -0.412. The van der Waals surface area contributed by atoms with Crippen LogP contribution in [0.15, 0.2) is 52.2 Å². The van der Waals surface area contributed by atoms with Crippen molar-refractivity contribution in [3.63, 3.8) is 0 Å². The molecule has 0 unspecified atom stereocenters. The van der Waals surface area contributed by atoms with Gasteiger partial charge in [0.15, 0.2) is 0 Å². The summed E-state index contributed by atoms with van der Waals surface area (Å²) in [4.78, 5) is 23.9. The van der Waals surface area contributed by atoms with E-state index >= 15 is 0 Å². The monoisotopic (exact) mass is 341 g/mol. The van der Waals surface area contributed by atoms with E-state index in [0.29, 0.717) is 17.0 Å². The summed E-state index contributed by atoms with van der Waals surface area (Å²) in [7, 11) is 0. The zero-order valence-corrected chi connectivity index (χ0v) is 14.9. The van der Waals surface area contributed by atoms with Crippen molar-refractivity contribution in [3.8, 4) is 0 Å². The van der Waals surface area contributed by atoms with Gasteiger partial charge in [-0.25, -0.2) is 5.43 Å². The Kier molecular flexibility index (Phi) is 5.75. The zero-order valence-electron chi connectivity index (χ0n) is 14.9. The number of nitrogens with one attached hydrogen (secondary N) is 2. The first-order valence-corrected chi connectivity index (χ1v) is 8.03. The van der Waals surface area contributed by atoms with Crippen molar-refractivity contribution < 1.29 is 14.0 Å². The summed E-state index contributed by atoms with van der Waals surface area (Å²) in [6, 6.07) is 10.8. The molecule has 0 radical (unpaired) electrons. The molecule has 0 aliphatic rings. The van der Waals surface area contributed by atoms with Crippen molar-refractivity contribution >= 4 is 17.5 Å². The molecule has 132 valence electrons. The van der Waals surface area contributed by atoms with E-state index in [-0.39, 0.29) is 17.9 Å². The molecule has 0 fully saturated rings. The van der Waals surface area contributed by atoms with Crippen molar-refractivity contribution in [1.82, 2.24) is 10.7 Å². The molecule has 0 spiro atoms. The van der Waals surface area contributed by atoms with Gasteiger partial charge in [-0.05, 0) is 42.2 Å². The van der Waals surface area contributed by atoms with E-state index in [0.717, 1.165) is 5.56 Å². The topological polar surface area (TPSA) is 83.7 Å². The molecule has 6 nitrogen and oxygen atoms in total. The van der Waals surface area contributed by atoms with Gasteiger partial charge in [0.1, 0.15) is 11.5 Å². The predicted octanol–water partition coefficient (Wildman–Crippen LogP) is 2.85. The number of nitrogens with zero attached hydrogens (tertiary/aromatic N) is 1. The fourth-order valence-corrected chi connectivity index (χ4v) is 2.11. The minimum Gasteiger partial charge on any atom is -0.463 e. The fraction of sp³-hybridized carbons (Fsp3) is 0.316. The summed E-state index contributed by atoms with van der Waals surface area (Å²) in [5, 5.41) is 6.50. The molecule has 0 saturated carbocycles. The number of hydrazone groups is 1. The maximum atomic E-state index is 12.1. The van der Waals surface area contributed by atoms with Crippen LogP contribution in [-0.4, -0.2) is 24.1 Å². The largest absolute Gasteiger partial charge is 0.463 e. The summed E-state index contributed by atoms with van der Waals surface area (Å²) in [6.45, 7) is 7.89. The van der Waals surface area contributed by atoms with Crippen molar-refractivity contribution in [2.75, 3.05) is 6.54 Å². The molecule has 0 aliphatic heterocycles. The van der Waals surface area contributed by atoms with Crippen LogP contribution in [0.25, 0.3) is 0 Å². The molecule has 0 saturated heterocycles. The molecule has 6 heteroatoms. The molecule has 1 heterocycles. The molecule has 2 N–H and O–H groups in total. The SMILES string of the molecule is C/C(=N\NC(=O)CNC(=O)c1ccc(C(C)(C)C)cc1)c1ccco1. The van der Waals surface area contributed by atoms with E-state index in [2.05, 4.69) is 36.6 Å². The van der Waals surface area contributed by atoms with Gasteiger partial charge in [0.25, 0.3) is 11.8 Å². The van der Waals surface area contributed by atoms with Crippen LogP contribution in [0.4, 0.5) is 0 Å². The van der Waals surface area contributed by atoms with Gasteiger partial charge in [-0.3, -0.25) is 9.59 Å². The van der Waals surface area contributed by atoms with Gasteiger partial charge >= 0.3 is 0 Å².